The predicted octanol–water partition coefficient (Wildman–Crippen LogP) is 6.17. The summed E-state index contributed by atoms with van der Waals surface area (Å²) in [4.78, 5) is 30.7. The molecule has 36 heavy (non-hydrogen) atoms. The summed E-state index contributed by atoms with van der Waals surface area (Å²) >= 11 is 0. The number of ether oxygens (including phenoxy) is 1. The second-order valence-electron chi connectivity index (χ2n) is 8.32. The fourth-order valence-corrected chi connectivity index (χ4v) is 4.29. The third-order valence-corrected chi connectivity index (χ3v) is 6.07. The van der Waals surface area contributed by atoms with Crippen LogP contribution in [0.4, 0.5) is 4.39 Å². The van der Waals surface area contributed by atoms with Crippen molar-refractivity contribution in [1.82, 2.24) is 14.9 Å². The Labute approximate surface area is 211 Å². The minimum absolute atomic E-state index is 0.183. The Kier molecular flexibility index (Phi) is 8.59. The van der Waals surface area contributed by atoms with Crippen LogP contribution in [0.15, 0.2) is 48.5 Å². The maximum Gasteiger partial charge on any atom is 0.254 e. The molecule has 0 radical (unpaired) electrons. The number of amides is 1. The predicted molar refractivity (Wildman–Crippen MR) is 141 cm³/mol. The maximum absolute atomic E-state index is 14.4. The lowest BCUT2D eigenvalue weighted by Gasteiger charge is -2.21. The molecule has 0 atom stereocenters. The van der Waals surface area contributed by atoms with Crippen LogP contribution in [-0.2, 0) is 11.3 Å². The number of nitrogens with zero attached hydrogens (tertiary/aromatic N) is 2. The molecule has 5 rings (SSSR count). The number of nitrogens with one attached hydrogen (secondary N) is 1. The Hall–Kier alpha value is -4.00. The van der Waals surface area contributed by atoms with Crippen LogP contribution in [0.3, 0.4) is 0 Å². The lowest BCUT2D eigenvalue weighted by molar-refractivity contribution is -0.0980. The van der Waals surface area contributed by atoms with E-state index in [2.05, 4.69) is 22.1 Å². The van der Waals surface area contributed by atoms with E-state index in [9.17, 15) is 9.18 Å². The number of carbonyl (C=O) groups excluding carboxylic acids is 2. The number of fused-ring (bicyclic) bond motifs is 2. The van der Waals surface area contributed by atoms with Crippen LogP contribution >= 0.6 is 0 Å². The summed E-state index contributed by atoms with van der Waals surface area (Å²) < 4.78 is 20.3. The molecule has 0 saturated heterocycles. The summed E-state index contributed by atoms with van der Waals surface area (Å²) in [5, 5.41) is 0. The molecule has 0 spiro atoms. The number of aryl methyl sites for hydroxylation is 2. The Morgan fingerprint density at radius 2 is 1.72 bits per heavy atom. The number of H-pyrrole nitrogens is 1. The van der Waals surface area contributed by atoms with Gasteiger partial charge in [-0.15, -0.1) is 0 Å². The Balaban J connectivity index is 0.000000861. The molecule has 0 saturated carbocycles. The molecule has 1 aliphatic heterocycles. The van der Waals surface area contributed by atoms with Gasteiger partial charge in [-0.05, 0) is 73.4 Å². The van der Waals surface area contributed by atoms with Gasteiger partial charge in [0, 0.05) is 17.7 Å². The van der Waals surface area contributed by atoms with Crippen molar-refractivity contribution in [3.8, 4) is 16.9 Å². The standard InChI is InChI=1S/C26H24FN3O2.C2H6.CH2O/c1-15-4-7-21(16(2)25(15)27)26(31)30-10-11-32-24-9-6-18(12-20(24)14-30)19-5-8-22-23(13-19)29-17(3)28-22;2*1-2/h4-9,12-13H,10-11,14H2,1-3H3,(H,28,29);1-2H3;1H2. The highest BCUT2D eigenvalue weighted by Gasteiger charge is 2.24. The summed E-state index contributed by atoms with van der Waals surface area (Å²) in [6.07, 6.45) is 0. The highest BCUT2D eigenvalue weighted by atomic mass is 19.1. The summed E-state index contributed by atoms with van der Waals surface area (Å²) in [7, 11) is 0. The fourth-order valence-electron chi connectivity index (χ4n) is 4.29. The first-order valence-electron chi connectivity index (χ1n) is 12.0. The van der Waals surface area contributed by atoms with Gasteiger partial charge in [0.25, 0.3) is 5.91 Å². The molecule has 3 aromatic carbocycles. The van der Waals surface area contributed by atoms with Gasteiger partial charge in [0.2, 0.25) is 0 Å². The average Bonchev–Trinajstić information content (AvgIpc) is 3.14. The number of aromatic amines is 1. The van der Waals surface area contributed by atoms with Crippen molar-refractivity contribution in [2.24, 2.45) is 0 Å². The summed E-state index contributed by atoms with van der Waals surface area (Å²) in [6.45, 7) is 12.5. The van der Waals surface area contributed by atoms with E-state index >= 15 is 0 Å². The second-order valence-corrected chi connectivity index (χ2v) is 8.32. The van der Waals surface area contributed by atoms with E-state index in [0.29, 0.717) is 36.4 Å². The zero-order valence-corrected chi connectivity index (χ0v) is 21.4. The van der Waals surface area contributed by atoms with E-state index < -0.39 is 0 Å². The molecule has 0 bridgehead atoms. The van der Waals surface area contributed by atoms with Crippen LogP contribution in [0.1, 0.15) is 46.7 Å². The first-order valence-corrected chi connectivity index (χ1v) is 12.0. The van der Waals surface area contributed by atoms with Gasteiger partial charge in [0.15, 0.2) is 0 Å². The molecular formula is C29H32FN3O3. The molecule has 1 aliphatic rings. The van der Waals surface area contributed by atoms with Crippen molar-refractivity contribution < 1.29 is 18.7 Å². The van der Waals surface area contributed by atoms with Gasteiger partial charge in [-0.2, -0.15) is 0 Å². The zero-order chi connectivity index (χ0) is 26.4. The van der Waals surface area contributed by atoms with E-state index in [1.165, 1.54) is 0 Å². The molecule has 188 valence electrons. The van der Waals surface area contributed by atoms with Gasteiger partial charge in [-0.25, -0.2) is 9.37 Å². The first kappa shape index (κ1) is 26.6. The van der Waals surface area contributed by atoms with Crippen molar-refractivity contribution in [3.63, 3.8) is 0 Å². The number of rotatable bonds is 2. The van der Waals surface area contributed by atoms with E-state index in [0.717, 1.165) is 39.3 Å². The second kappa shape index (κ2) is 11.6. The monoisotopic (exact) mass is 489 g/mol. The van der Waals surface area contributed by atoms with Crippen molar-refractivity contribution in [1.29, 1.82) is 0 Å². The van der Waals surface area contributed by atoms with E-state index in [4.69, 9.17) is 9.53 Å². The van der Waals surface area contributed by atoms with Crippen molar-refractivity contribution in [2.45, 2.75) is 41.2 Å². The first-order chi connectivity index (χ1) is 17.4. The van der Waals surface area contributed by atoms with Crippen molar-refractivity contribution in [3.05, 3.63) is 82.4 Å². The number of carbonyl (C=O) groups is 2. The topological polar surface area (TPSA) is 75.3 Å². The quantitative estimate of drug-likeness (QED) is 0.365. The zero-order valence-electron chi connectivity index (χ0n) is 21.4. The smallest absolute Gasteiger partial charge is 0.254 e. The van der Waals surface area contributed by atoms with Crippen LogP contribution in [0.5, 0.6) is 5.75 Å². The van der Waals surface area contributed by atoms with Gasteiger partial charge in [0.1, 0.15) is 30.8 Å². The minimum atomic E-state index is -0.325. The van der Waals surface area contributed by atoms with Crippen LogP contribution in [0.25, 0.3) is 22.2 Å². The summed E-state index contributed by atoms with van der Waals surface area (Å²) in [5.74, 6) is 1.14. The molecule has 0 fully saturated rings. The number of benzene rings is 3. The fraction of sp³-hybridized carbons (Fsp3) is 0.276. The number of aromatic nitrogens is 2. The van der Waals surface area contributed by atoms with E-state index in [1.807, 2.05) is 51.8 Å². The van der Waals surface area contributed by atoms with Gasteiger partial charge < -0.3 is 19.4 Å². The van der Waals surface area contributed by atoms with Crippen LogP contribution in [0, 0.1) is 26.6 Å². The number of halogens is 1. The molecule has 2 heterocycles. The van der Waals surface area contributed by atoms with Gasteiger partial charge in [-0.1, -0.05) is 32.0 Å². The van der Waals surface area contributed by atoms with E-state index in [1.54, 1.807) is 30.9 Å². The lowest BCUT2D eigenvalue weighted by atomic mass is 10.0. The molecule has 0 unspecified atom stereocenters. The third-order valence-electron chi connectivity index (χ3n) is 6.07. The summed E-state index contributed by atoms with van der Waals surface area (Å²) in [5.41, 5.74) is 6.26. The summed E-state index contributed by atoms with van der Waals surface area (Å²) in [6, 6.07) is 15.5. The molecular weight excluding hydrogens is 457 g/mol. The molecule has 6 nitrogen and oxygen atoms in total. The Morgan fingerprint density at radius 1 is 1.03 bits per heavy atom. The average molecular weight is 490 g/mol. The molecule has 4 aromatic rings. The molecule has 7 heteroatoms. The van der Waals surface area contributed by atoms with Gasteiger partial charge in [-0.3, -0.25) is 4.79 Å². The van der Waals surface area contributed by atoms with E-state index in [-0.39, 0.29) is 11.7 Å². The maximum atomic E-state index is 14.4. The van der Waals surface area contributed by atoms with Crippen molar-refractivity contribution >= 4 is 23.7 Å². The molecule has 1 N–H and O–H groups in total. The van der Waals surface area contributed by atoms with Crippen LogP contribution in [0.2, 0.25) is 0 Å². The highest BCUT2D eigenvalue weighted by molar-refractivity contribution is 5.96. The molecule has 1 amide bonds. The SMILES string of the molecule is C=O.CC.Cc1nc2ccc(-c3ccc4c(c3)CN(C(=O)c3ccc(C)c(F)c3C)CCO4)cc2[nH]1. The Morgan fingerprint density at radius 3 is 2.47 bits per heavy atom. The molecule has 1 aromatic heterocycles. The minimum Gasteiger partial charge on any atom is -0.491 e. The van der Waals surface area contributed by atoms with Crippen LogP contribution < -0.4 is 4.74 Å². The largest absolute Gasteiger partial charge is 0.491 e. The molecule has 0 aliphatic carbocycles. The third kappa shape index (κ3) is 5.30. The lowest BCUT2D eigenvalue weighted by Crippen LogP contribution is -2.33. The normalized spacial score (nSPS) is 12.3. The highest BCUT2D eigenvalue weighted by Crippen LogP contribution is 2.31. The number of hydrogen-bond acceptors (Lipinski definition) is 4. The van der Waals surface area contributed by atoms with Gasteiger partial charge in [0.05, 0.1) is 17.6 Å². The van der Waals surface area contributed by atoms with Crippen LogP contribution in [-0.4, -0.2) is 40.7 Å². The number of hydrogen-bond donors (Lipinski definition) is 1. The number of imidazole rings is 1. The Bertz CT molecular complexity index is 1380. The van der Waals surface area contributed by atoms with Crippen molar-refractivity contribution in [2.75, 3.05) is 13.2 Å². The van der Waals surface area contributed by atoms with Gasteiger partial charge >= 0.3 is 0 Å².